The summed E-state index contributed by atoms with van der Waals surface area (Å²) in [5.74, 6) is 0.930. The van der Waals surface area contributed by atoms with E-state index in [1.54, 1.807) is 0 Å². The highest BCUT2D eigenvalue weighted by atomic mass is 35.5. The predicted molar refractivity (Wildman–Crippen MR) is 107 cm³/mol. The van der Waals surface area contributed by atoms with Crippen molar-refractivity contribution in [3.8, 4) is 0 Å². The van der Waals surface area contributed by atoms with Gasteiger partial charge in [0, 0.05) is 0 Å². The van der Waals surface area contributed by atoms with Gasteiger partial charge in [-0.2, -0.15) is 0 Å². The van der Waals surface area contributed by atoms with E-state index >= 15 is 0 Å². The van der Waals surface area contributed by atoms with E-state index in [0.29, 0.717) is 0 Å². The molecule has 1 unspecified atom stereocenters. The van der Waals surface area contributed by atoms with Crippen molar-refractivity contribution in [1.82, 2.24) is 0 Å². The Morgan fingerprint density at radius 2 is 1.04 bits per heavy atom. The maximum Gasteiger partial charge on any atom is 0.0784 e. The Bertz CT molecular complexity index is 230. The van der Waals surface area contributed by atoms with Crippen LogP contribution in [0.4, 0.5) is 0 Å². The van der Waals surface area contributed by atoms with Gasteiger partial charge >= 0.3 is 0 Å². The Morgan fingerprint density at radius 1 is 0.625 bits per heavy atom. The van der Waals surface area contributed by atoms with Gasteiger partial charge < -0.3 is 16.9 Å². The van der Waals surface area contributed by atoms with Crippen LogP contribution in [0.1, 0.15) is 111 Å². The van der Waals surface area contributed by atoms with Crippen LogP contribution in [0.2, 0.25) is 0 Å². The lowest BCUT2D eigenvalue weighted by Gasteiger charge is -2.35. The van der Waals surface area contributed by atoms with Gasteiger partial charge in [0.1, 0.15) is 0 Å². The fourth-order valence-electron chi connectivity index (χ4n) is 3.54. The monoisotopic (exact) mass is 361 g/mol. The van der Waals surface area contributed by atoms with E-state index in [-0.39, 0.29) is 12.4 Å². The highest BCUT2D eigenvalue weighted by Crippen LogP contribution is 2.16. The van der Waals surface area contributed by atoms with Gasteiger partial charge in [-0.25, -0.2) is 0 Å². The van der Waals surface area contributed by atoms with E-state index in [9.17, 15) is 0 Å². The van der Waals surface area contributed by atoms with Gasteiger partial charge in [0.05, 0.1) is 26.7 Å². The third-order valence-corrected chi connectivity index (χ3v) is 5.69. The summed E-state index contributed by atoms with van der Waals surface area (Å²) in [6.45, 7) is 13.6. The summed E-state index contributed by atoms with van der Waals surface area (Å²) < 4.78 is 1.34. The van der Waals surface area contributed by atoms with E-state index in [0.717, 1.165) is 5.92 Å². The maximum atomic E-state index is 2.53. The zero-order chi connectivity index (χ0) is 17.4. The summed E-state index contributed by atoms with van der Waals surface area (Å²) >= 11 is 0. The first kappa shape index (κ1) is 26.5. The molecule has 24 heavy (non-hydrogen) atoms. The molecule has 0 aliphatic carbocycles. The number of quaternary nitrogens is 1. The van der Waals surface area contributed by atoms with Gasteiger partial charge in [-0.05, 0) is 44.4 Å². The lowest BCUT2D eigenvalue weighted by Crippen LogP contribution is -3.00. The van der Waals surface area contributed by atoms with E-state index in [1.165, 1.54) is 108 Å². The SMILES string of the molecule is CCCCCC[N+](C)(CCCCCC)CCCCCC(C)CC.[Cl-]. The van der Waals surface area contributed by atoms with E-state index in [2.05, 4.69) is 34.7 Å². The van der Waals surface area contributed by atoms with Crippen LogP contribution in [-0.2, 0) is 0 Å². The molecule has 0 rings (SSSR count). The van der Waals surface area contributed by atoms with Crippen LogP contribution in [0.5, 0.6) is 0 Å². The minimum absolute atomic E-state index is 0. The van der Waals surface area contributed by atoms with Crippen molar-refractivity contribution in [3.63, 3.8) is 0 Å². The van der Waals surface area contributed by atoms with Crippen molar-refractivity contribution in [2.24, 2.45) is 5.92 Å². The second-order valence-corrected chi connectivity index (χ2v) is 8.27. The zero-order valence-corrected chi connectivity index (χ0v) is 18.5. The lowest BCUT2D eigenvalue weighted by atomic mass is 10.0. The molecule has 0 fully saturated rings. The number of rotatable bonds is 17. The van der Waals surface area contributed by atoms with E-state index in [4.69, 9.17) is 0 Å². The summed E-state index contributed by atoms with van der Waals surface area (Å²) in [7, 11) is 2.53. The van der Waals surface area contributed by atoms with Gasteiger partial charge in [-0.3, -0.25) is 0 Å². The second kappa shape index (κ2) is 18.1. The Labute approximate surface area is 161 Å². The molecule has 148 valence electrons. The molecule has 1 atom stereocenters. The first-order valence-electron chi connectivity index (χ1n) is 10.9. The summed E-state index contributed by atoms with van der Waals surface area (Å²) in [5.41, 5.74) is 0. The molecule has 1 nitrogen and oxygen atoms in total. The molecule has 2 heteroatoms. The van der Waals surface area contributed by atoms with E-state index in [1.807, 2.05) is 0 Å². The van der Waals surface area contributed by atoms with Gasteiger partial charge in [0.2, 0.25) is 0 Å². The first-order chi connectivity index (χ1) is 11.1. The van der Waals surface area contributed by atoms with Crippen LogP contribution in [0, 0.1) is 5.92 Å². The van der Waals surface area contributed by atoms with Gasteiger partial charge in [0.15, 0.2) is 0 Å². The zero-order valence-electron chi connectivity index (χ0n) is 17.7. The quantitative estimate of drug-likeness (QED) is 0.269. The predicted octanol–water partition coefficient (Wildman–Crippen LogP) is 4.20. The molecule has 0 aromatic rings. The molecule has 0 aliphatic heterocycles. The Morgan fingerprint density at radius 3 is 1.42 bits per heavy atom. The standard InChI is InChI=1S/C22H48N.ClH/c1-6-9-11-15-19-23(5,20-16-12-10-7-2)21-17-13-14-18-22(4)8-3;/h22H,6-21H2,1-5H3;1H/q+1;/p-1. The third kappa shape index (κ3) is 15.8. The number of nitrogens with zero attached hydrogens (tertiary/aromatic N) is 1. The number of unbranched alkanes of at least 4 members (excludes halogenated alkanes) is 8. The molecule has 0 spiro atoms. The number of hydrogen-bond donors (Lipinski definition) is 0. The van der Waals surface area contributed by atoms with Crippen molar-refractivity contribution in [1.29, 1.82) is 0 Å². The van der Waals surface area contributed by atoms with Gasteiger partial charge in [-0.15, -0.1) is 0 Å². The smallest absolute Gasteiger partial charge is 0.0784 e. The number of halogens is 1. The molecular formula is C22H48ClN. The minimum Gasteiger partial charge on any atom is -1.00 e. The molecule has 0 saturated carbocycles. The Balaban J connectivity index is 0. The lowest BCUT2D eigenvalue weighted by molar-refractivity contribution is -0.910. The highest BCUT2D eigenvalue weighted by molar-refractivity contribution is 4.52. The molecule has 0 aromatic carbocycles. The molecule has 0 aromatic heterocycles. The molecule has 0 radical (unpaired) electrons. The molecule has 0 heterocycles. The molecule has 0 bridgehead atoms. The normalized spacial score (nSPS) is 12.9. The van der Waals surface area contributed by atoms with Gasteiger partial charge in [-0.1, -0.05) is 72.6 Å². The van der Waals surface area contributed by atoms with Crippen molar-refractivity contribution >= 4 is 0 Å². The van der Waals surface area contributed by atoms with Gasteiger partial charge in [0.25, 0.3) is 0 Å². The molecule has 0 aliphatic rings. The van der Waals surface area contributed by atoms with Crippen molar-refractivity contribution < 1.29 is 16.9 Å². The van der Waals surface area contributed by atoms with Crippen LogP contribution in [0.3, 0.4) is 0 Å². The largest absolute Gasteiger partial charge is 1.00 e. The summed E-state index contributed by atoms with van der Waals surface area (Å²) in [6.07, 6.45) is 18.4. The fourth-order valence-corrected chi connectivity index (χ4v) is 3.54. The average Bonchev–Trinajstić information content (AvgIpc) is 2.55. The van der Waals surface area contributed by atoms with Crippen LogP contribution >= 0.6 is 0 Å². The van der Waals surface area contributed by atoms with Crippen molar-refractivity contribution in [3.05, 3.63) is 0 Å². The Hall–Kier alpha value is 0.250. The minimum atomic E-state index is 0. The van der Waals surface area contributed by atoms with Crippen molar-refractivity contribution in [2.45, 2.75) is 111 Å². The first-order valence-corrected chi connectivity index (χ1v) is 10.9. The van der Waals surface area contributed by atoms with Crippen molar-refractivity contribution in [2.75, 3.05) is 26.7 Å². The molecular weight excluding hydrogens is 314 g/mol. The van der Waals surface area contributed by atoms with Crippen LogP contribution in [-0.4, -0.2) is 31.2 Å². The van der Waals surface area contributed by atoms with Crippen LogP contribution < -0.4 is 12.4 Å². The summed E-state index contributed by atoms with van der Waals surface area (Å²) in [5, 5.41) is 0. The third-order valence-electron chi connectivity index (χ3n) is 5.69. The molecule has 0 saturated heterocycles. The van der Waals surface area contributed by atoms with Crippen LogP contribution in [0.15, 0.2) is 0 Å². The fraction of sp³-hybridized carbons (Fsp3) is 1.00. The van der Waals surface area contributed by atoms with Crippen LogP contribution in [0.25, 0.3) is 0 Å². The maximum absolute atomic E-state index is 2.53. The molecule has 0 N–H and O–H groups in total. The second-order valence-electron chi connectivity index (χ2n) is 8.27. The number of hydrogen-bond acceptors (Lipinski definition) is 0. The molecule has 0 amide bonds. The topological polar surface area (TPSA) is 0 Å². The highest BCUT2D eigenvalue weighted by Gasteiger charge is 2.20. The summed E-state index contributed by atoms with van der Waals surface area (Å²) in [6, 6.07) is 0. The summed E-state index contributed by atoms with van der Waals surface area (Å²) in [4.78, 5) is 0. The average molecular weight is 362 g/mol. The van der Waals surface area contributed by atoms with E-state index < -0.39 is 0 Å². The Kier molecular flexibility index (Phi) is 19.9.